The Kier molecular flexibility index (Phi) is 6.39. The van der Waals surface area contributed by atoms with Gasteiger partial charge in [-0.05, 0) is 62.1 Å². The first-order valence-corrected chi connectivity index (χ1v) is 12.5. The summed E-state index contributed by atoms with van der Waals surface area (Å²) in [7, 11) is -3.32. The number of fused-ring (bicyclic) bond motifs is 1. The van der Waals surface area contributed by atoms with Crippen molar-refractivity contribution in [2.75, 3.05) is 24.2 Å². The lowest BCUT2D eigenvalue weighted by molar-refractivity contribution is 0.466. The summed E-state index contributed by atoms with van der Waals surface area (Å²) in [5, 5.41) is 4.27. The van der Waals surface area contributed by atoms with Crippen LogP contribution in [0.3, 0.4) is 0 Å². The molecule has 1 aromatic heterocycles. The number of sulfone groups is 1. The fourth-order valence-electron chi connectivity index (χ4n) is 4.04. The van der Waals surface area contributed by atoms with E-state index < -0.39 is 21.5 Å². The van der Waals surface area contributed by atoms with E-state index in [9.17, 15) is 17.2 Å². The molecule has 0 bridgehead atoms. The summed E-state index contributed by atoms with van der Waals surface area (Å²) in [4.78, 5) is 11.7. The number of anilines is 1. The van der Waals surface area contributed by atoms with Crippen molar-refractivity contribution in [3.05, 3.63) is 59.3 Å². The third kappa shape index (κ3) is 5.05. The van der Waals surface area contributed by atoms with Crippen LogP contribution in [-0.2, 0) is 16.4 Å². The zero-order valence-corrected chi connectivity index (χ0v) is 18.9. The minimum atomic E-state index is -3.32. The van der Waals surface area contributed by atoms with Gasteiger partial charge in [0.1, 0.15) is 0 Å². The third-order valence-corrected chi connectivity index (χ3v) is 6.98. The van der Waals surface area contributed by atoms with Crippen LogP contribution < -0.4 is 10.2 Å². The van der Waals surface area contributed by atoms with E-state index in [4.69, 9.17) is 0 Å². The second-order valence-corrected chi connectivity index (χ2v) is 10.3. The molecule has 0 aliphatic carbocycles. The quantitative estimate of drug-likeness (QED) is 0.625. The van der Waals surface area contributed by atoms with Crippen molar-refractivity contribution in [2.45, 2.75) is 43.7 Å². The molecule has 0 unspecified atom stereocenters. The maximum atomic E-state index is 13.4. The van der Waals surface area contributed by atoms with Crippen molar-refractivity contribution in [1.82, 2.24) is 15.3 Å². The van der Waals surface area contributed by atoms with Crippen LogP contribution >= 0.6 is 0 Å². The van der Waals surface area contributed by atoms with Gasteiger partial charge in [0.2, 0.25) is 5.95 Å². The highest BCUT2D eigenvalue weighted by Gasteiger charge is 2.20. The zero-order chi connectivity index (χ0) is 22.9. The molecule has 170 valence electrons. The summed E-state index contributed by atoms with van der Waals surface area (Å²) in [6.45, 7) is 3.91. The van der Waals surface area contributed by atoms with Gasteiger partial charge in [-0.3, -0.25) is 0 Å². The number of rotatable bonds is 5. The molecule has 6 nitrogen and oxygen atoms in total. The number of hydrogen-bond donors (Lipinski definition) is 1. The highest BCUT2D eigenvalue weighted by molar-refractivity contribution is 7.90. The first kappa shape index (κ1) is 22.5. The maximum absolute atomic E-state index is 13.4. The Morgan fingerprint density at radius 2 is 1.88 bits per heavy atom. The van der Waals surface area contributed by atoms with Gasteiger partial charge in [-0.1, -0.05) is 6.07 Å². The molecule has 2 aromatic carbocycles. The van der Waals surface area contributed by atoms with E-state index in [1.165, 1.54) is 12.3 Å². The molecule has 3 aromatic rings. The van der Waals surface area contributed by atoms with Crippen LogP contribution in [0.15, 0.2) is 41.3 Å². The van der Waals surface area contributed by atoms with Gasteiger partial charge in [0.05, 0.1) is 16.1 Å². The molecule has 32 heavy (non-hydrogen) atoms. The van der Waals surface area contributed by atoms with E-state index in [2.05, 4.69) is 20.2 Å². The molecule has 0 radical (unpaired) electrons. The standard InChI is InChI=1S/C23H26F2N4O2S/c1-15-19-7-6-18(32(2,30)31)13-22(19)28-23(27-15)29-10-3-4-17(9-11-29)26-14-16-5-8-20(24)21(25)12-16/h5-8,12-13,17,26H,3-4,9-11,14H2,1-2H3/t17-/m1/s1. The summed E-state index contributed by atoms with van der Waals surface area (Å²) in [5.41, 5.74) is 2.13. The Morgan fingerprint density at radius 3 is 2.62 bits per heavy atom. The Labute approximate surface area is 186 Å². The molecule has 0 spiro atoms. The minimum Gasteiger partial charge on any atom is -0.341 e. The molecule has 1 aliphatic rings. The molecule has 9 heteroatoms. The van der Waals surface area contributed by atoms with E-state index in [-0.39, 0.29) is 10.9 Å². The number of aryl methyl sites for hydroxylation is 1. The Balaban J connectivity index is 1.47. The first-order valence-electron chi connectivity index (χ1n) is 10.6. The normalized spacial score (nSPS) is 17.5. The monoisotopic (exact) mass is 460 g/mol. The Morgan fingerprint density at radius 1 is 1.06 bits per heavy atom. The number of halogens is 2. The molecule has 1 fully saturated rings. The van der Waals surface area contributed by atoms with Crippen molar-refractivity contribution >= 4 is 26.7 Å². The molecule has 1 aliphatic heterocycles. The van der Waals surface area contributed by atoms with Crippen LogP contribution in [0.1, 0.15) is 30.5 Å². The van der Waals surface area contributed by atoms with Crippen LogP contribution in [-0.4, -0.2) is 43.8 Å². The second kappa shape index (κ2) is 9.07. The van der Waals surface area contributed by atoms with Crippen molar-refractivity contribution in [2.24, 2.45) is 0 Å². The second-order valence-electron chi connectivity index (χ2n) is 8.30. The van der Waals surface area contributed by atoms with Gasteiger partial charge in [-0.25, -0.2) is 27.2 Å². The summed E-state index contributed by atoms with van der Waals surface area (Å²) in [6.07, 6.45) is 3.92. The van der Waals surface area contributed by atoms with E-state index in [1.54, 1.807) is 24.3 Å². The van der Waals surface area contributed by atoms with Gasteiger partial charge in [-0.2, -0.15) is 0 Å². The lowest BCUT2D eigenvalue weighted by Crippen LogP contribution is -2.31. The fraction of sp³-hybridized carbons (Fsp3) is 0.391. The van der Waals surface area contributed by atoms with Crippen LogP contribution in [0.5, 0.6) is 0 Å². The molecule has 0 amide bonds. The fourth-order valence-corrected chi connectivity index (χ4v) is 4.68. The molecule has 1 atom stereocenters. The van der Waals surface area contributed by atoms with E-state index in [1.807, 2.05) is 6.92 Å². The number of nitrogens with one attached hydrogen (secondary N) is 1. The van der Waals surface area contributed by atoms with Crippen molar-refractivity contribution in [3.8, 4) is 0 Å². The lowest BCUT2D eigenvalue weighted by atomic mass is 10.1. The third-order valence-electron chi connectivity index (χ3n) is 5.87. The van der Waals surface area contributed by atoms with Crippen molar-refractivity contribution in [1.29, 1.82) is 0 Å². The SMILES string of the molecule is Cc1nc(N2CCC[C@@H](NCc3ccc(F)c(F)c3)CC2)nc2cc(S(C)(=O)=O)ccc12. The highest BCUT2D eigenvalue weighted by Crippen LogP contribution is 2.24. The van der Waals surface area contributed by atoms with Crippen LogP contribution in [0.4, 0.5) is 14.7 Å². The number of benzene rings is 2. The van der Waals surface area contributed by atoms with Gasteiger partial charge in [-0.15, -0.1) is 0 Å². The summed E-state index contributed by atoms with van der Waals surface area (Å²) in [5.74, 6) is -1.07. The molecule has 0 saturated carbocycles. The molecular formula is C23H26F2N4O2S. The zero-order valence-electron chi connectivity index (χ0n) is 18.1. The highest BCUT2D eigenvalue weighted by atomic mass is 32.2. The largest absolute Gasteiger partial charge is 0.341 e. The predicted octanol–water partition coefficient (Wildman–Crippen LogP) is 3.77. The Hall–Kier alpha value is -2.65. The molecule has 1 N–H and O–H groups in total. The summed E-state index contributed by atoms with van der Waals surface area (Å²) < 4.78 is 50.4. The average molecular weight is 461 g/mol. The molecule has 1 saturated heterocycles. The lowest BCUT2D eigenvalue weighted by Gasteiger charge is -2.22. The molecule has 4 rings (SSSR count). The number of nitrogens with zero attached hydrogens (tertiary/aromatic N) is 3. The number of aromatic nitrogens is 2. The molecule has 2 heterocycles. The van der Waals surface area contributed by atoms with Crippen LogP contribution in [0.2, 0.25) is 0 Å². The first-order chi connectivity index (χ1) is 15.2. The smallest absolute Gasteiger partial charge is 0.226 e. The van der Waals surface area contributed by atoms with Crippen molar-refractivity contribution in [3.63, 3.8) is 0 Å². The predicted molar refractivity (Wildman–Crippen MR) is 120 cm³/mol. The van der Waals surface area contributed by atoms with E-state index in [0.29, 0.717) is 23.6 Å². The summed E-state index contributed by atoms with van der Waals surface area (Å²) >= 11 is 0. The van der Waals surface area contributed by atoms with Gasteiger partial charge in [0.25, 0.3) is 0 Å². The van der Waals surface area contributed by atoms with E-state index in [0.717, 1.165) is 49.5 Å². The number of hydrogen-bond acceptors (Lipinski definition) is 6. The average Bonchev–Trinajstić information content (AvgIpc) is 2.99. The van der Waals surface area contributed by atoms with Crippen molar-refractivity contribution < 1.29 is 17.2 Å². The van der Waals surface area contributed by atoms with Gasteiger partial charge in [0, 0.05) is 37.3 Å². The van der Waals surface area contributed by atoms with Gasteiger partial charge < -0.3 is 10.2 Å². The van der Waals surface area contributed by atoms with Gasteiger partial charge >= 0.3 is 0 Å². The van der Waals surface area contributed by atoms with Crippen LogP contribution in [0.25, 0.3) is 10.9 Å². The van der Waals surface area contributed by atoms with Crippen LogP contribution in [0, 0.1) is 18.6 Å². The maximum Gasteiger partial charge on any atom is 0.226 e. The van der Waals surface area contributed by atoms with Gasteiger partial charge in [0.15, 0.2) is 21.5 Å². The topological polar surface area (TPSA) is 75.2 Å². The van der Waals surface area contributed by atoms with E-state index >= 15 is 0 Å². The Bertz CT molecular complexity index is 1250. The minimum absolute atomic E-state index is 0.242. The summed E-state index contributed by atoms with van der Waals surface area (Å²) in [6, 6.07) is 9.15. The molecular weight excluding hydrogens is 434 g/mol.